The van der Waals surface area contributed by atoms with Gasteiger partial charge in [-0.2, -0.15) is 0 Å². The zero-order valence-corrected chi connectivity index (χ0v) is 20.8. The van der Waals surface area contributed by atoms with Gasteiger partial charge in [0, 0.05) is 21.0 Å². The lowest BCUT2D eigenvalue weighted by atomic mass is 9.72. The number of unbranched alkanes of at least 4 members (excludes halogenated alkanes) is 3. The Labute approximate surface area is 193 Å². The summed E-state index contributed by atoms with van der Waals surface area (Å²) in [6.45, 7) is 5.88. The predicted molar refractivity (Wildman–Crippen MR) is 129 cm³/mol. The minimum atomic E-state index is -0.287. The molecule has 0 radical (unpaired) electrons. The van der Waals surface area contributed by atoms with Gasteiger partial charge in [0.2, 0.25) is 0 Å². The summed E-state index contributed by atoms with van der Waals surface area (Å²) in [6.07, 6.45) is 6.64. The largest absolute Gasteiger partial charge is 0.396 e. The Morgan fingerprint density at radius 2 is 1.38 bits per heavy atom. The van der Waals surface area contributed by atoms with Crippen LogP contribution in [0.4, 0.5) is 0 Å². The molecule has 1 N–H and O–H groups in total. The summed E-state index contributed by atoms with van der Waals surface area (Å²) in [5.74, 6) is 0.283. The molecule has 2 rings (SSSR count). The quantitative estimate of drug-likeness (QED) is 0.280. The molecule has 0 aliphatic heterocycles. The van der Waals surface area contributed by atoms with E-state index in [9.17, 15) is 5.11 Å². The second-order valence-electron chi connectivity index (χ2n) is 8.28. The molecular formula is C25H34Br2O2. The van der Waals surface area contributed by atoms with Gasteiger partial charge in [-0.1, -0.05) is 89.2 Å². The van der Waals surface area contributed by atoms with Crippen molar-refractivity contribution in [1.82, 2.24) is 0 Å². The zero-order valence-electron chi connectivity index (χ0n) is 17.7. The molecular weight excluding hydrogens is 492 g/mol. The van der Waals surface area contributed by atoms with Crippen molar-refractivity contribution in [2.24, 2.45) is 11.3 Å². The monoisotopic (exact) mass is 524 g/mol. The fourth-order valence-electron chi connectivity index (χ4n) is 3.60. The van der Waals surface area contributed by atoms with Crippen molar-refractivity contribution < 1.29 is 9.84 Å². The van der Waals surface area contributed by atoms with Crippen LogP contribution in [0.15, 0.2) is 57.5 Å². The maximum atomic E-state index is 10.3. The first kappa shape index (κ1) is 24.6. The maximum absolute atomic E-state index is 10.3. The molecule has 0 amide bonds. The Balaban J connectivity index is 2.11. The summed E-state index contributed by atoms with van der Waals surface area (Å²) in [6, 6.07) is 17.0. The Morgan fingerprint density at radius 1 is 0.862 bits per heavy atom. The molecule has 0 heterocycles. The Hall–Kier alpha value is -0.680. The van der Waals surface area contributed by atoms with Gasteiger partial charge in [-0.25, -0.2) is 0 Å². The summed E-state index contributed by atoms with van der Waals surface area (Å²) in [5, 5.41) is 10.3. The van der Waals surface area contributed by atoms with Crippen LogP contribution in [0.5, 0.6) is 0 Å². The molecule has 0 saturated heterocycles. The number of hydrogen-bond acceptors (Lipinski definition) is 2. The highest BCUT2D eigenvalue weighted by Gasteiger charge is 2.34. The lowest BCUT2D eigenvalue weighted by Crippen LogP contribution is -2.38. The number of halogens is 2. The van der Waals surface area contributed by atoms with Gasteiger partial charge in [0.15, 0.2) is 0 Å². The van der Waals surface area contributed by atoms with Gasteiger partial charge < -0.3 is 9.84 Å². The van der Waals surface area contributed by atoms with Crippen LogP contribution in [0.25, 0.3) is 0 Å². The van der Waals surface area contributed by atoms with Crippen molar-refractivity contribution in [2.75, 3.05) is 19.8 Å². The standard InChI is InChI=1S/C25H34Br2O2/c1-3-4-5-6-15-29-19-25(2,18-28)22(16-20-7-11-23(26)12-8-20)17-21-9-13-24(27)14-10-21/h7-14,22,28H,3-6,15-19H2,1-2H3. The first-order valence-corrected chi connectivity index (χ1v) is 12.2. The molecule has 0 aliphatic carbocycles. The van der Waals surface area contributed by atoms with Crippen molar-refractivity contribution in [1.29, 1.82) is 0 Å². The van der Waals surface area contributed by atoms with E-state index in [2.05, 4.69) is 94.2 Å². The molecule has 0 aliphatic rings. The van der Waals surface area contributed by atoms with Crippen molar-refractivity contribution in [2.45, 2.75) is 52.4 Å². The minimum absolute atomic E-state index is 0.125. The third-order valence-corrected chi connectivity index (χ3v) is 6.77. The van der Waals surface area contributed by atoms with Gasteiger partial charge in [-0.3, -0.25) is 0 Å². The van der Waals surface area contributed by atoms with Crippen LogP contribution in [-0.4, -0.2) is 24.9 Å². The molecule has 4 heteroatoms. The van der Waals surface area contributed by atoms with E-state index in [0.717, 1.165) is 34.8 Å². The topological polar surface area (TPSA) is 29.5 Å². The van der Waals surface area contributed by atoms with Crippen molar-refractivity contribution in [3.63, 3.8) is 0 Å². The van der Waals surface area contributed by atoms with E-state index >= 15 is 0 Å². The van der Waals surface area contributed by atoms with Gasteiger partial charge in [-0.15, -0.1) is 0 Å². The number of benzene rings is 2. The van der Waals surface area contributed by atoms with E-state index in [4.69, 9.17) is 4.74 Å². The van der Waals surface area contributed by atoms with Crippen LogP contribution >= 0.6 is 31.9 Å². The van der Waals surface area contributed by atoms with Crippen LogP contribution in [0.3, 0.4) is 0 Å². The van der Waals surface area contributed by atoms with Crippen LogP contribution in [0, 0.1) is 11.3 Å². The molecule has 0 fully saturated rings. The van der Waals surface area contributed by atoms with Crippen LogP contribution in [0.2, 0.25) is 0 Å². The SMILES string of the molecule is CCCCCCOCC(C)(CO)C(Cc1ccc(Br)cc1)Cc1ccc(Br)cc1. The highest BCUT2D eigenvalue weighted by molar-refractivity contribution is 9.10. The van der Waals surface area contributed by atoms with Crippen molar-refractivity contribution in [3.8, 4) is 0 Å². The molecule has 0 aromatic heterocycles. The molecule has 160 valence electrons. The highest BCUT2D eigenvalue weighted by Crippen LogP contribution is 2.34. The van der Waals surface area contributed by atoms with Gasteiger partial charge in [0.25, 0.3) is 0 Å². The second kappa shape index (κ2) is 12.9. The minimum Gasteiger partial charge on any atom is -0.396 e. The average Bonchev–Trinajstić information content (AvgIpc) is 2.73. The first-order valence-electron chi connectivity index (χ1n) is 10.6. The van der Waals surface area contributed by atoms with Crippen molar-refractivity contribution >= 4 is 31.9 Å². The lowest BCUT2D eigenvalue weighted by molar-refractivity contribution is -0.0207. The number of hydrogen-bond donors (Lipinski definition) is 1. The maximum Gasteiger partial charge on any atom is 0.0544 e. The van der Waals surface area contributed by atoms with E-state index in [0.29, 0.717) is 6.61 Å². The summed E-state index contributed by atoms with van der Waals surface area (Å²) in [5.41, 5.74) is 2.29. The Kier molecular flexibility index (Phi) is 10.9. The van der Waals surface area contributed by atoms with Crippen LogP contribution in [-0.2, 0) is 17.6 Å². The third kappa shape index (κ3) is 8.53. The molecule has 1 atom stereocenters. The van der Waals surface area contributed by atoms with Crippen molar-refractivity contribution in [3.05, 3.63) is 68.6 Å². The third-order valence-electron chi connectivity index (χ3n) is 5.71. The van der Waals surface area contributed by atoms with E-state index in [1.807, 2.05) is 0 Å². The van der Waals surface area contributed by atoms with Gasteiger partial charge in [0.1, 0.15) is 0 Å². The van der Waals surface area contributed by atoms with E-state index in [1.54, 1.807) is 0 Å². The zero-order chi connectivity index (χ0) is 21.1. The molecule has 1 unspecified atom stereocenters. The smallest absolute Gasteiger partial charge is 0.0544 e. The average molecular weight is 526 g/mol. The Bertz CT molecular complexity index is 652. The summed E-state index contributed by atoms with van der Waals surface area (Å²) in [4.78, 5) is 0. The fourth-order valence-corrected chi connectivity index (χ4v) is 4.13. The normalized spacial score (nSPS) is 13.6. The van der Waals surface area contributed by atoms with E-state index < -0.39 is 0 Å². The van der Waals surface area contributed by atoms with E-state index in [-0.39, 0.29) is 17.9 Å². The van der Waals surface area contributed by atoms with Crippen LogP contribution < -0.4 is 0 Å². The van der Waals surface area contributed by atoms with E-state index in [1.165, 1.54) is 30.4 Å². The molecule has 2 nitrogen and oxygen atoms in total. The molecule has 0 spiro atoms. The molecule has 2 aromatic rings. The molecule has 2 aromatic carbocycles. The van der Waals surface area contributed by atoms with Crippen LogP contribution in [0.1, 0.15) is 50.7 Å². The summed E-state index contributed by atoms with van der Waals surface area (Å²) >= 11 is 7.04. The molecule has 29 heavy (non-hydrogen) atoms. The second-order valence-corrected chi connectivity index (χ2v) is 10.1. The number of ether oxygens (including phenoxy) is 1. The number of rotatable bonds is 13. The number of aliphatic hydroxyl groups excluding tert-OH is 1. The highest BCUT2D eigenvalue weighted by atomic mass is 79.9. The summed E-state index contributed by atoms with van der Waals surface area (Å²) in [7, 11) is 0. The predicted octanol–water partition coefficient (Wildman–Crippen LogP) is 7.21. The number of aliphatic hydroxyl groups is 1. The van der Waals surface area contributed by atoms with Gasteiger partial charge in [0.05, 0.1) is 13.2 Å². The lowest BCUT2D eigenvalue weighted by Gasteiger charge is -2.36. The Morgan fingerprint density at radius 3 is 1.83 bits per heavy atom. The summed E-state index contributed by atoms with van der Waals surface area (Å²) < 4.78 is 8.23. The molecule has 0 saturated carbocycles. The molecule has 0 bridgehead atoms. The van der Waals surface area contributed by atoms with Gasteiger partial charge in [-0.05, 0) is 60.6 Å². The van der Waals surface area contributed by atoms with Gasteiger partial charge >= 0.3 is 0 Å². The fraction of sp³-hybridized carbons (Fsp3) is 0.520. The first-order chi connectivity index (χ1) is 14.0.